The van der Waals surface area contributed by atoms with Crippen LogP contribution in [0.15, 0.2) is 18.2 Å². The van der Waals surface area contributed by atoms with E-state index in [0.717, 1.165) is 18.7 Å². The summed E-state index contributed by atoms with van der Waals surface area (Å²) in [5, 5.41) is 10.2. The van der Waals surface area contributed by atoms with Crippen molar-refractivity contribution in [1.29, 1.82) is 0 Å². The number of piperidine rings is 1. The number of β-amino-alcohol motifs (C(OH)–C–C–N with tert-alkyl or cyclic N) is 1. The summed E-state index contributed by atoms with van der Waals surface area (Å²) < 4.78 is 43.1. The van der Waals surface area contributed by atoms with E-state index < -0.39 is 12.0 Å². The number of methoxy groups -OCH3 is 1. The van der Waals surface area contributed by atoms with E-state index in [2.05, 4.69) is 4.90 Å². The van der Waals surface area contributed by atoms with Crippen molar-refractivity contribution in [3.05, 3.63) is 23.8 Å². The molecule has 2 heterocycles. The van der Waals surface area contributed by atoms with E-state index in [1.165, 1.54) is 0 Å². The first-order valence-electron chi connectivity index (χ1n) is 9.83. The SMILES string of the molecule is COc1cc(CN2CCC(F)(F)CC2)ccc1OC[C@H](O)CN1CCOCC1. The number of hydrogen-bond donors (Lipinski definition) is 1. The van der Waals surface area contributed by atoms with Gasteiger partial charge in [-0.15, -0.1) is 0 Å². The summed E-state index contributed by atoms with van der Waals surface area (Å²) in [4.78, 5) is 4.18. The van der Waals surface area contributed by atoms with Crippen molar-refractivity contribution in [3.8, 4) is 11.5 Å². The number of halogens is 2. The number of ether oxygens (including phenoxy) is 3. The fraction of sp³-hybridized carbons (Fsp3) is 0.700. The molecule has 0 spiro atoms. The first kappa shape index (κ1) is 21.2. The van der Waals surface area contributed by atoms with Gasteiger partial charge in [0.05, 0.1) is 20.3 Å². The van der Waals surface area contributed by atoms with Crippen molar-refractivity contribution in [2.45, 2.75) is 31.4 Å². The average Bonchev–Trinajstić information content (AvgIpc) is 2.69. The van der Waals surface area contributed by atoms with Gasteiger partial charge in [-0.25, -0.2) is 8.78 Å². The summed E-state index contributed by atoms with van der Waals surface area (Å²) in [6.45, 7) is 5.12. The summed E-state index contributed by atoms with van der Waals surface area (Å²) in [5.41, 5.74) is 0.989. The molecule has 8 heteroatoms. The van der Waals surface area contributed by atoms with Gasteiger partial charge in [-0.1, -0.05) is 6.07 Å². The molecular formula is C20H30F2N2O4. The van der Waals surface area contributed by atoms with Crippen LogP contribution >= 0.6 is 0 Å². The van der Waals surface area contributed by atoms with Crippen LogP contribution in [0.1, 0.15) is 18.4 Å². The van der Waals surface area contributed by atoms with E-state index in [4.69, 9.17) is 14.2 Å². The molecule has 2 saturated heterocycles. The summed E-state index contributed by atoms with van der Waals surface area (Å²) in [7, 11) is 1.57. The minimum Gasteiger partial charge on any atom is -0.493 e. The highest BCUT2D eigenvalue weighted by Gasteiger charge is 2.33. The van der Waals surface area contributed by atoms with Gasteiger partial charge in [-0.2, -0.15) is 0 Å². The summed E-state index contributed by atoms with van der Waals surface area (Å²) in [6.07, 6.45) is -0.781. The highest BCUT2D eigenvalue weighted by atomic mass is 19.3. The molecule has 0 unspecified atom stereocenters. The summed E-state index contributed by atoms with van der Waals surface area (Å²) in [6, 6.07) is 5.60. The molecule has 1 aromatic carbocycles. The fourth-order valence-electron chi connectivity index (χ4n) is 3.55. The quantitative estimate of drug-likeness (QED) is 0.721. The Morgan fingerprint density at radius 2 is 1.82 bits per heavy atom. The molecule has 158 valence electrons. The van der Waals surface area contributed by atoms with Gasteiger partial charge in [0.1, 0.15) is 12.7 Å². The van der Waals surface area contributed by atoms with Crippen molar-refractivity contribution >= 4 is 0 Å². The van der Waals surface area contributed by atoms with E-state index in [-0.39, 0.29) is 19.4 Å². The Kier molecular flexibility index (Phi) is 7.45. The zero-order chi connectivity index (χ0) is 20.0. The standard InChI is InChI=1S/C20H30F2N2O4/c1-26-19-12-16(13-23-6-4-20(21,22)5-7-23)2-3-18(19)28-15-17(25)14-24-8-10-27-11-9-24/h2-3,12,17,25H,4-11,13-15H2,1H3/t17-/m1/s1. The number of likely N-dealkylation sites (tertiary alicyclic amines) is 1. The van der Waals surface area contributed by atoms with Crippen LogP contribution < -0.4 is 9.47 Å². The maximum absolute atomic E-state index is 13.3. The van der Waals surface area contributed by atoms with E-state index in [1.54, 1.807) is 7.11 Å². The Bertz CT molecular complexity index is 616. The number of aliphatic hydroxyl groups excluding tert-OH is 1. The lowest BCUT2D eigenvalue weighted by atomic mass is 10.1. The zero-order valence-electron chi connectivity index (χ0n) is 16.4. The molecule has 3 rings (SSSR count). The molecule has 6 nitrogen and oxygen atoms in total. The third-order valence-electron chi connectivity index (χ3n) is 5.23. The number of alkyl halides is 2. The molecule has 0 radical (unpaired) electrons. The molecule has 0 aromatic heterocycles. The maximum atomic E-state index is 13.3. The average molecular weight is 400 g/mol. The molecule has 1 aromatic rings. The van der Waals surface area contributed by atoms with Crippen molar-refractivity contribution in [2.24, 2.45) is 0 Å². The van der Waals surface area contributed by atoms with Gasteiger partial charge in [0, 0.05) is 52.1 Å². The van der Waals surface area contributed by atoms with E-state index in [9.17, 15) is 13.9 Å². The molecule has 0 aliphatic carbocycles. The highest BCUT2D eigenvalue weighted by Crippen LogP contribution is 2.31. The van der Waals surface area contributed by atoms with Crippen LogP contribution in [0.2, 0.25) is 0 Å². The number of nitrogens with zero attached hydrogens (tertiary/aromatic N) is 2. The maximum Gasteiger partial charge on any atom is 0.250 e. The Morgan fingerprint density at radius 1 is 1.11 bits per heavy atom. The molecule has 1 N–H and O–H groups in total. The Balaban J connectivity index is 1.49. The largest absolute Gasteiger partial charge is 0.493 e. The van der Waals surface area contributed by atoms with Crippen LogP contribution in [0.25, 0.3) is 0 Å². The molecular weight excluding hydrogens is 370 g/mol. The second kappa shape index (κ2) is 9.82. The number of benzene rings is 1. The molecule has 2 aliphatic heterocycles. The molecule has 2 aliphatic rings. The van der Waals surface area contributed by atoms with Gasteiger partial charge in [-0.05, 0) is 17.7 Å². The summed E-state index contributed by atoms with van der Waals surface area (Å²) in [5.74, 6) is -1.38. The smallest absolute Gasteiger partial charge is 0.250 e. The lowest BCUT2D eigenvalue weighted by Crippen LogP contribution is -2.42. The minimum atomic E-state index is -2.53. The van der Waals surface area contributed by atoms with E-state index >= 15 is 0 Å². The molecule has 28 heavy (non-hydrogen) atoms. The van der Waals surface area contributed by atoms with Gasteiger partial charge in [0.25, 0.3) is 5.92 Å². The van der Waals surface area contributed by atoms with Crippen LogP contribution in [0.4, 0.5) is 8.78 Å². The number of rotatable bonds is 8. The molecule has 1 atom stereocenters. The van der Waals surface area contributed by atoms with Crippen LogP contribution in [0.5, 0.6) is 11.5 Å². The summed E-state index contributed by atoms with van der Waals surface area (Å²) >= 11 is 0. The van der Waals surface area contributed by atoms with Crippen molar-refractivity contribution in [2.75, 3.05) is 59.7 Å². The van der Waals surface area contributed by atoms with Crippen LogP contribution in [-0.2, 0) is 11.3 Å². The van der Waals surface area contributed by atoms with Crippen molar-refractivity contribution in [3.63, 3.8) is 0 Å². The third-order valence-corrected chi connectivity index (χ3v) is 5.23. The Hall–Kier alpha value is -1.48. The number of hydrogen-bond acceptors (Lipinski definition) is 6. The first-order chi connectivity index (χ1) is 13.4. The lowest BCUT2D eigenvalue weighted by Gasteiger charge is -2.31. The van der Waals surface area contributed by atoms with Crippen molar-refractivity contribution < 1.29 is 28.1 Å². The van der Waals surface area contributed by atoms with Gasteiger partial charge in [-0.3, -0.25) is 9.80 Å². The minimum absolute atomic E-state index is 0.0909. The first-order valence-corrected chi connectivity index (χ1v) is 9.83. The third kappa shape index (κ3) is 6.27. The highest BCUT2D eigenvalue weighted by molar-refractivity contribution is 5.43. The Morgan fingerprint density at radius 3 is 2.50 bits per heavy atom. The van der Waals surface area contributed by atoms with Crippen molar-refractivity contribution in [1.82, 2.24) is 9.80 Å². The van der Waals surface area contributed by atoms with Gasteiger partial charge in [0.2, 0.25) is 0 Å². The van der Waals surface area contributed by atoms with E-state index in [1.807, 2.05) is 23.1 Å². The fourth-order valence-corrected chi connectivity index (χ4v) is 3.55. The molecule has 0 bridgehead atoms. The second-order valence-corrected chi connectivity index (χ2v) is 7.50. The topological polar surface area (TPSA) is 54.4 Å². The normalized spacial score (nSPS) is 22.0. The predicted molar refractivity (Wildman–Crippen MR) is 101 cm³/mol. The second-order valence-electron chi connectivity index (χ2n) is 7.50. The predicted octanol–water partition coefficient (Wildman–Crippen LogP) is 2.00. The number of aliphatic hydroxyl groups is 1. The molecule has 0 saturated carbocycles. The van der Waals surface area contributed by atoms with Gasteiger partial charge >= 0.3 is 0 Å². The van der Waals surface area contributed by atoms with Gasteiger partial charge in [0.15, 0.2) is 11.5 Å². The monoisotopic (exact) mass is 400 g/mol. The molecule has 2 fully saturated rings. The Labute approximate surface area is 165 Å². The van der Waals surface area contributed by atoms with Crippen LogP contribution in [0.3, 0.4) is 0 Å². The van der Waals surface area contributed by atoms with E-state index in [0.29, 0.717) is 50.9 Å². The van der Waals surface area contributed by atoms with Crippen LogP contribution in [0, 0.1) is 0 Å². The molecule has 0 amide bonds. The van der Waals surface area contributed by atoms with Gasteiger partial charge < -0.3 is 19.3 Å². The number of morpholine rings is 1. The zero-order valence-corrected chi connectivity index (χ0v) is 16.4. The lowest BCUT2D eigenvalue weighted by molar-refractivity contribution is -0.0566. The van der Waals surface area contributed by atoms with Crippen LogP contribution in [-0.4, -0.2) is 86.6 Å².